The fraction of sp³-hybridized carbons (Fsp3) is 0.250. The highest BCUT2D eigenvalue weighted by Crippen LogP contribution is 2.34. The van der Waals surface area contributed by atoms with Gasteiger partial charge in [0.2, 0.25) is 0 Å². The van der Waals surface area contributed by atoms with Gasteiger partial charge >= 0.3 is 6.18 Å². The molecule has 0 radical (unpaired) electrons. The van der Waals surface area contributed by atoms with Crippen LogP contribution in [0.3, 0.4) is 0 Å². The molecule has 2 nitrogen and oxygen atoms in total. The number of hydrogen-bond donors (Lipinski definition) is 1. The van der Waals surface area contributed by atoms with Gasteiger partial charge < -0.3 is 10.1 Å². The van der Waals surface area contributed by atoms with Gasteiger partial charge in [-0.2, -0.15) is 13.2 Å². The second kappa shape index (κ2) is 6.08. The number of hydrogen-bond acceptors (Lipinski definition) is 2. The van der Waals surface area contributed by atoms with Gasteiger partial charge in [0.15, 0.2) is 5.75 Å². The minimum absolute atomic E-state index is 0.368. The van der Waals surface area contributed by atoms with Gasteiger partial charge in [-0.3, -0.25) is 0 Å². The Kier molecular flexibility index (Phi) is 4.40. The van der Waals surface area contributed by atoms with Crippen LogP contribution in [0.4, 0.5) is 18.9 Å². The molecule has 5 heteroatoms. The van der Waals surface area contributed by atoms with E-state index in [-0.39, 0.29) is 0 Å². The summed E-state index contributed by atoms with van der Waals surface area (Å²) >= 11 is 0. The molecule has 2 aromatic rings. The molecule has 0 bridgehead atoms. The Hall–Kier alpha value is -2.17. The van der Waals surface area contributed by atoms with Crippen molar-refractivity contribution in [3.8, 4) is 11.5 Å². The molecule has 112 valence electrons. The Balaban J connectivity index is 2.26. The first-order chi connectivity index (χ1) is 9.95. The summed E-state index contributed by atoms with van der Waals surface area (Å²) in [6, 6.07) is 10.3. The van der Waals surface area contributed by atoms with Gasteiger partial charge in [-0.05, 0) is 42.3 Å². The monoisotopic (exact) mass is 295 g/mol. The van der Waals surface area contributed by atoms with Crippen molar-refractivity contribution in [3.05, 3.63) is 53.6 Å². The number of nitrogens with one attached hydrogen (secondary N) is 1. The average molecular weight is 295 g/mol. The van der Waals surface area contributed by atoms with Crippen LogP contribution in [0.1, 0.15) is 18.1 Å². The number of anilines is 1. The van der Waals surface area contributed by atoms with Crippen molar-refractivity contribution in [2.45, 2.75) is 19.5 Å². The molecule has 0 saturated carbocycles. The third-order valence-electron chi connectivity index (χ3n) is 3.15. The van der Waals surface area contributed by atoms with Crippen LogP contribution >= 0.6 is 0 Å². The van der Waals surface area contributed by atoms with Crippen LogP contribution in [0.25, 0.3) is 0 Å². The predicted molar refractivity (Wildman–Crippen MR) is 76.9 cm³/mol. The second-order valence-corrected chi connectivity index (χ2v) is 4.52. The molecule has 2 aromatic carbocycles. The van der Waals surface area contributed by atoms with E-state index in [1.807, 2.05) is 19.1 Å². The van der Waals surface area contributed by atoms with Crippen LogP contribution in [0.15, 0.2) is 42.5 Å². The standard InChI is InChI=1S/C16H16F3NO/c1-3-11-5-4-6-14(15(11)20-2)21-13-9-7-12(8-10-13)16(17,18)19/h4-10,20H,3H2,1-2H3. The first kappa shape index (κ1) is 15.2. The maximum Gasteiger partial charge on any atom is 0.416 e. The third kappa shape index (κ3) is 3.48. The maximum absolute atomic E-state index is 12.5. The molecule has 0 amide bonds. The molecule has 0 aliphatic carbocycles. The molecule has 2 rings (SSSR count). The normalized spacial score (nSPS) is 11.3. The van der Waals surface area contributed by atoms with Crippen LogP contribution in [-0.2, 0) is 12.6 Å². The molecule has 0 aromatic heterocycles. The number of benzene rings is 2. The quantitative estimate of drug-likeness (QED) is 0.847. The molecule has 1 N–H and O–H groups in total. The Morgan fingerprint density at radius 3 is 2.24 bits per heavy atom. The van der Waals surface area contributed by atoms with Gasteiger partial charge in [0.05, 0.1) is 11.3 Å². The zero-order valence-corrected chi connectivity index (χ0v) is 11.8. The first-order valence-electron chi connectivity index (χ1n) is 6.60. The first-order valence-corrected chi connectivity index (χ1v) is 6.60. The molecule has 0 aliphatic rings. The maximum atomic E-state index is 12.5. The topological polar surface area (TPSA) is 21.3 Å². The van der Waals surface area contributed by atoms with E-state index >= 15 is 0 Å². The van der Waals surface area contributed by atoms with E-state index in [1.54, 1.807) is 13.1 Å². The molecule has 0 atom stereocenters. The van der Waals surface area contributed by atoms with Crippen molar-refractivity contribution in [1.82, 2.24) is 0 Å². The van der Waals surface area contributed by atoms with E-state index in [1.165, 1.54) is 12.1 Å². The molecular formula is C16H16F3NO. The van der Waals surface area contributed by atoms with Crippen molar-refractivity contribution in [3.63, 3.8) is 0 Å². The summed E-state index contributed by atoms with van der Waals surface area (Å²) in [6.45, 7) is 2.03. The molecular weight excluding hydrogens is 279 g/mol. The van der Waals surface area contributed by atoms with Crippen molar-refractivity contribution < 1.29 is 17.9 Å². The zero-order chi connectivity index (χ0) is 15.5. The fourth-order valence-corrected chi connectivity index (χ4v) is 2.08. The minimum atomic E-state index is -4.34. The van der Waals surface area contributed by atoms with Gasteiger partial charge in [-0.1, -0.05) is 19.1 Å². The van der Waals surface area contributed by atoms with Crippen molar-refractivity contribution in [2.75, 3.05) is 12.4 Å². The highest BCUT2D eigenvalue weighted by molar-refractivity contribution is 5.62. The highest BCUT2D eigenvalue weighted by Gasteiger charge is 2.30. The van der Waals surface area contributed by atoms with Crippen molar-refractivity contribution >= 4 is 5.69 Å². The number of para-hydroxylation sites is 1. The summed E-state index contributed by atoms with van der Waals surface area (Å²) in [5, 5.41) is 3.07. The number of rotatable bonds is 4. The van der Waals surface area contributed by atoms with Gasteiger partial charge in [0.1, 0.15) is 5.75 Å². The Morgan fingerprint density at radius 1 is 1.05 bits per heavy atom. The molecule has 0 spiro atoms. The van der Waals surface area contributed by atoms with E-state index in [9.17, 15) is 13.2 Å². The molecule has 0 saturated heterocycles. The van der Waals surface area contributed by atoms with Gasteiger partial charge in [-0.15, -0.1) is 0 Å². The average Bonchev–Trinajstić information content (AvgIpc) is 2.46. The summed E-state index contributed by atoms with van der Waals surface area (Å²) in [7, 11) is 1.79. The Labute approximate surface area is 121 Å². The van der Waals surface area contributed by atoms with Gasteiger partial charge in [0.25, 0.3) is 0 Å². The lowest BCUT2D eigenvalue weighted by atomic mass is 10.1. The van der Waals surface area contributed by atoms with Crippen LogP contribution in [0, 0.1) is 0 Å². The minimum Gasteiger partial charge on any atom is -0.455 e. The number of alkyl halides is 3. The van der Waals surface area contributed by atoms with Gasteiger partial charge in [0, 0.05) is 7.05 Å². The summed E-state index contributed by atoms with van der Waals surface area (Å²) in [5.74, 6) is 0.962. The van der Waals surface area contributed by atoms with E-state index in [0.29, 0.717) is 11.5 Å². The summed E-state index contributed by atoms with van der Waals surface area (Å²) < 4.78 is 43.2. The SMILES string of the molecule is CCc1cccc(Oc2ccc(C(F)(F)F)cc2)c1NC. The lowest BCUT2D eigenvalue weighted by Crippen LogP contribution is -2.04. The smallest absolute Gasteiger partial charge is 0.416 e. The van der Waals surface area contributed by atoms with Crippen LogP contribution < -0.4 is 10.1 Å². The molecule has 0 unspecified atom stereocenters. The molecule has 0 fully saturated rings. The lowest BCUT2D eigenvalue weighted by Gasteiger charge is -2.14. The second-order valence-electron chi connectivity index (χ2n) is 4.52. The van der Waals surface area contributed by atoms with Crippen LogP contribution in [-0.4, -0.2) is 7.05 Å². The van der Waals surface area contributed by atoms with E-state index in [0.717, 1.165) is 29.8 Å². The van der Waals surface area contributed by atoms with Crippen LogP contribution in [0.2, 0.25) is 0 Å². The number of ether oxygens (including phenoxy) is 1. The Bertz CT molecular complexity index is 606. The summed E-state index contributed by atoms with van der Waals surface area (Å²) in [6.07, 6.45) is -3.50. The zero-order valence-electron chi connectivity index (χ0n) is 11.8. The highest BCUT2D eigenvalue weighted by atomic mass is 19.4. The van der Waals surface area contributed by atoms with Gasteiger partial charge in [-0.25, -0.2) is 0 Å². The lowest BCUT2D eigenvalue weighted by molar-refractivity contribution is -0.137. The van der Waals surface area contributed by atoms with Crippen molar-refractivity contribution in [2.24, 2.45) is 0 Å². The fourth-order valence-electron chi connectivity index (χ4n) is 2.08. The Morgan fingerprint density at radius 2 is 1.71 bits per heavy atom. The molecule has 21 heavy (non-hydrogen) atoms. The van der Waals surface area contributed by atoms with Crippen LogP contribution in [0.5, 0.6) is 11.5 Å². The number of aryl methyl sites for hydroxylation is 1. The van der Waals surface area contributed by atoms with E-state index < -0.39 is 11.7 Å². The summed E-state index contributed by atoms with van der Waals surface area (Å²) in [5.41, 5.74) is 1.24. The number of halogens is 3. The molecule has 0 heterocycles. The van der Waals surface area contributed by atoms with E-state index in [4.69, 9.17) is 4.74 Å². The largest absolute Gasteiger partial charge is 0.455 e. The van der Waals surface area contributed by atoms with E-state index in [2.05, 4.69) is 5.32 Å². The summed E-state index contributed by atoms with van der Waals surface area (Å²) in [4.78, 5) is 0. The molecule has 0 aliphatic heterocycles. The predicted octanol–water partition coefficient (Wildman–Crippen LogP) is 5.10. The van der Waals surface area contributed by atoms with Crippen molar-refractivity contribution in [1.29, 1.82) is 0 Å². The third-order valence-corrected chi connectivity index (χ3v) is 3.15.